The standard InChI is InChI=1S/C12H19N5O.ClH/c1-2-3-8-6-17(7-9(8)13)11-5-15-4-10(16-11)12(14)18;/h4-5,8-9H,2-3,6-7,13H2,1H3,(H2,14,18);1H/t8-,9-;/m0./s1. The number of aromatic nitrogens is 2. The van der Waals surface area contributed by atoms with Crippen LogP contribution in [0.25, 0.3) is 0 Å². The van der Waals surface area contributed by atoms with Gasteiger partial charge in [0.05, 0.1) is 12.4 Å². The van der Waals surface area contributed by atoms with Crippen LogP contribution in [0, 0.1) is 5.92 Å². The SMILES string of the molecule is CCC[C@H]1CN(c2cncc(C(N)=O)n2)C[C@@H]1N.Cl. The molecule has 1 aliphatic rings. The molecule has 0 spiro atoms. The van der Waals surface area contributed by atoms with Crippen molar-refractivity contribution in [2.45, 2.75) is 25.8 Å². The monoisotopic (exact) mass is 285 g/mol. The average Bonchev–Trinajstić information content (AvgIpc) is 2.72. The van der Waals surface area contributed by atoms with Crippen LogP contribution in [0.3, 0.4) is 0 Å². The van der Waals surface area contributed by atoms with E-state index in [0.717, 1.165) is 25.9 Å². The number of anilines is 1. The maximum atomic E-state index is 11.1. The van der Waals surface area contributed by atoms with Gasteiger partial charge in [-0.25, -0.2) is 4.98 Å². The smallest absolute Gasteiger partial charge is 0.268 e. The summed E-state index contributed by atoms with van der Waals surface area (Å²) < 4.78 is 0. The minimum absolute atomic E-state index is 0. The molecule has 106 valence electrons. The minimum atomic E-state index is -0.557. The molecular weight excluding hydrogens is 266 g/mol. The summed E-state index contributed by atoms with van der Waals surface area (Å²) in [6.45, 7) is 3.77. The number of carbonyl (C=O) groups excluding carboxylic acids is 1. The van der Waals surface area contributed by atoms with E-state index in [-0.39, 0.29) is 24.1 Å². The van der Waals surface area contributed by atoms with Crippen LogP contribution < -0.4 is 16.4 Å². The van der Waals surface area contributed by atoms with Gasteiger partial charge in [-0.05, 0) is 12.3 Å². The van der Waals surface area contributed by atoms with Crippen LogP contribution in [0.1, 0.15) is 30.3 Å². The van der Waals surface area contributed by atoms with E-state index < -0.39 is 5.91 Å². The van der Waals surface area contributed by atoms with Crippen molar-refractivity contribution in [2.24, 2.45) is 17.4 Å². The Morgan fingerprint density at radius 1 is 1.47 bits per heavy atom. The normalized spacial score (nSPS) is 22.1. The van der Waals surface area contributed by atoms with Crippen molar-refractivity contribution in [1.82, 2.24) is 9.97 Å². The van der Waals surface area contributed by atoms with Crippen LogP contribution in [0.15, 0.2) is 12.4 Å². The molecule has 0 unspecified atom stereocenters. The first-order valence-corrected chi connectivity index (χ1v) is 6.24. The predicted octanol–water partition coefficient (Wildman–Crippen LogP) is 0.561. The van der Waals surface area contributed by atoms with E-state index >= 15 is 0 Å². The van der Waals surface area contributed by atoms with E-state index in [2.05, 4.69) is 21.8 Å². The van der Waals surface area contributed by atoms with Gasteiger partial charge in [0, 0.05) is 19.1 Å². The number of rotatable bonds is 4. The lowest BCUT2D eigenvalue weighted by Gasteiger charge is -2.16. The van der Waals surface area contributed by atoms with Crippen molar-refractivity contribution < 1.29 is 4.79 Å². The predicted molar refractivity (Wildman–Crippen MR) is 76.4 cm³/mol. The van der Waals surface area contributed by atoms with Crippen molar-refractivity contribution in [2.75, 3.05) is 18.0 Å². The number of nitrogens with zero attached hydrogens (tertiary/aromatic N) is 3. The minimum Gasteiger partial charge on any atom is -0.364 e. The Morgan fingerprint density at radius 3 is 2.84 bits per heavy atom. The quantitative estimate of drug-likeness (QED) is 0.842. The molecule has 0 radical (unpaired) electrons. The molecule has 1 aliphatic heterocycles. The van der Waals surface area contributed by atoms with E-state index in [1.165, 1.54) is 6.20 Å². The van der Waals surface area contributed by atoms with Gasteiger partial charge in [-0.15, -0.1) is 12.4 Å². The third-order valence-corrected chi connectivity index (χ3v) is 3.35. The molecule has 1 amide bonds. The van der Waals surface area contributed by atoms with Crippen LogP contribution in [-0.2, 0) is 0 Å². The summed E-state index contributed by atoms with van der Waals surface area (Å²) in [5.74, 6) is 0.604. The number of nitrogens with two attached hydrogens (primary N) is 2. The van der Waals surface area contributed by atoms with Gasteiger partial charge in [0.1, 0.15) is 11.5 Å². The zero-order valence-electron chi connectivity index (χ0n) is 11.0. The fraction of sp³-hybridized carbons (Fsp3) is 0.583. The summed E-state index contributed by atoms with van der Waals surface area (Å²) in [6, 6.07) is 0.156. The molecule has 19 heavy (non-hydrogen) atoms. The molecule has 1 aromatic rings. The number of halogens is 1. The van der Waals surface area contributed by atoms with Gasteiger partial charge >= 0.3 is 0 Å². The first-order chi connectivity index (χ1) is 8.61. The van der Waals surface area contributed by atoms with Crippen LogP contribution >= 0.6 is 12.4 Å². The van der Waals surface area contributed by atoms with E-state index in [1.807, 2.05) is 0 Å². The van der Waals surface area contributed by atoms with Gasteiger partial charge in [-0.2, -0.15) is 0 Å². The maximum absolute atomic E-state index is 11.1. The second-order valence-electron chi connectivity index (χ2n) is 4.74. The highest BCUT2D eigenvalue weighted by atomic mass is 35.5. The molecular formula is C12H20ClN5O. The average molecular weight is 286 g/mol. The maximum Gasteiger partial charge on any atom is 0.268 e. The summed E-state index contributed by atoms with van der Waals surface area (Å²) >= 11 is 0. The van der Waals surface area contributed by atoms with E-state index in [0.29, 0.717) is 11.7 Å². The topological polar surface area (TPSA) is 98.1 Å². The summed E-state index contributed by atoms with van der Waals surface area (Å²) in [5.41, 5.74) is 11.5. The molecule has 7 heteroatoms. The lowest BCUT2D eigenvalue weighted by Crippen LogP contribution is -2.30. The van der Waals surface area contributed by atoms with Gasteiger partial charge in [0.2, 0.25) is 0 Å². The van der Waals surface area contributed by atoms with Crippen LogP contribution in [-0.4, -0.2) is 35.0 Å². The van der Waals surface area contributed by atoms with Crippen molar-refractivity contribution in [1.29, 1.82) is 0 Å². The molecule has 4 N–H and O–H groups in total. The lowest BCUT2D eigenvalue weighted by molar-refractivity contribution is 0.0995. The van der Waals surface area contributed by atoms with E-state index in [4.69, 9.17) is 11.5 Å². The van der Waals surface area contributed by atoms with Gasteiger partial charge in [-0.3, -0.25) is 9.78 Å². The number of primary amides is 1. The first kappa shape index (κ1) is 15.7. The Bertz CT molecular complexity index is 442. The van der Waals surface area contributed by atoms with Crippen molar-refractivity contribution in [3.05, 3.63) is 18.1 Å². The van der Waals surface area contributed by atoms with Crippen molar-refractivity contribution in [3.8, 4) is 0 Å². The Hall–Kier alpha value is -1.40. The van der Waals surface area contributed by atoms with Gasteiger partial charge < -0.3 is 16.4 Å². The summed E-state index contributed by atoms with van der Waals surface area (Å²) in [7, 11) is 0. The third-order valence-electron chi connectivity index (χ3n) is 3.35. The molecule has 6 nitrogen and oxygen atoms in total. The van der Waals surface area contributed by atoms with Gasteiger partial charge in [0.15, 0.2) is 0 Å². The molecule has 0 bridgehead atoms. The largest absolute Gasteiger partial charge is 0.364 e. The van der Waals surface area contributed by atoms with E-state index in [1.54, 1.807) is 6.20 Å². The number of amides is 1. The van der Waals surface area contributed by atoms with Gasteiger partial charge in [-0.1, -0.05) is 13.3 Å². The summed E-state index contributed by atoms with van der Waals surface area (Å²) in [5, 5.41) is 0. The molecule has 2 rings (SSSR count). The highest BCUT2D eigenvalue weighted by molar-refractivity contribution is 5.90. The van der Waals surface area contributed by atoms with Crippen molar-refractivity contribution >= 4 is 24.1 Å². The number of hydrogen-bond donors (Lipinski definition) is 2. The summed E-state index contributed by atoms with van der Waals surface area (Å²) in [6.07, 6.45) is 5.26. The van der Waals surface area contributed by atoms with E-state index in [9.17, 15) is 4.79 Å². The molecule has 0 aromatic carbocycles. The second kappa shape index (κ2) is 6.68. The Kier molecular flexibility index (Phi) is 5.50. The highest BCUT2D eigenvalue weighted by Gasteiger charge is 2.30. The van der Waals surface area contributed by atoms with Crippen LogP contribution in [0.4, 0.5) is 5.82 Å². The Balaban J connectivity index is 0.00000180. The zero-order chi connectivity index (χ0) is 13.1. The first-order valence-electron chi connectivity index (χ1n) is 6.24. The van der Waals surface area contributed by atoms with Crippen molar-refractivity contribution in [3.63, 3.8) is 0 Å². The second-order valence-corrected chi connectivity index (χ2v) is 4.74. The Labute approximate surface area is 119 Å². The zero-order valence-corrected chi connectivity index (χ0v) is 11.8. The van der Waals surface area contributed by atoms with Gasteiger partial charge in [0.25, 0.3) is 5.91 Å². The molecule has 1 fully saturated rings. The highest BCUT2D eigenvalue weighted by Crippen LogP contribution is 2.24. The van der Waals surface area contributed by atoms with Crippen LogP contribution in [0.2, 0.25) is 0 Å². The molecule has 1 aromatic heterocycles. The molecule has 0 saturated carbocycles. The Morgan fingerprint density at radius 2 is 2.21 bits per heavy atom. The van der Waals surface area contributed by atoms with Crippen LogP contribution in [0.5, 0.6) is 0 Å². The molecule has 2 atom stereocenters. The fourth-order valence-corrected chi connectivity index (χ4v) is 2.39. The lowest BCUT2D eigenvalue weighted by atomic mass is 9.99. The number of hydrogen-bond acceptors (Lipinski definition) is 5. The fourth-order valence-electron chi connectivity index (χ4n) is 2.39. The molecule has 1 saturated heterocycles. The number of carbonyl (C=O) groups is 1. The summed E-state index contributed by atoms with van der Waals surface area (Å²) in [4.78, 5) is 21.4. The molecule has 0 aliphatic carbocycles. The molecule has 2 heterocycles. The third kappa shape index (κ3) is 3.54.